The van der Waals surface area contributed by atoms with Crippen molar-refractivity contribution >= 4 is 23.4 Å². The van der Waals surface area contributed by atoms with Crippen LogP contribution in [0.1, 0.15) is 32.8 Å². The molecule has 0 aromatic heterocycles. The van der Waals surface area contributed by atoms with Gasteiger partial charge < -0.3 is 10.2 Å². The van der Waals surface area contributed by atoms with Gasteiger partial charge in [-0.25, -0.2) is 0 Å². The number of carbonyl (C=O) groups is 2. The lowest BCUT2D eigenvalue weighted by Gasteiger charge is -2.28. The molecule has 4 nitrogen and oxygen atoms in total. The molecule has 20 heavy (non-hydrogen) atoms. The van der Waals surface area contributed by atoms with Gasteiger partial charge >= 0.3 is 0 Å². The Kier molecular flexibility index (Phi) is 6.52. The summed E-state index contributed by atoms with van der Waals surface area (Å²) in [7, 11) is 0. The van der Waals surface area contributed by atoms with Gasteiger partial charge in [0.2, 0.25) is 11.8 Å². The number of hydrogen-bond acceptors (Lipinski definition) is 2. The molecule has 1 N–H and O–H groups in total. The summed E-state index contributed by atoms with van der Waals surface area (Å²) in [5.41, 5.74) is 0.912. The van der Waals surface area contributed by atoms with Gasteiger partial charge in [0.05, 0.1) is 0 Å². The molecule has 0 aliphatic carbocycles. The maximum atomic E-state index is 12.1. The zero-order valence-corrected chi connectivity index (χ0v) is 12.9. The van der Waals surface area contributed by atoms with Gasteiger partial charge in [-0.1, -0.05) is 30.7 Å². The van der Waals surface area contributed by atoms with Gasteiger partial charge in [-0.05, 0) is 31.5 Å². The molecule has 0 saturated heterocycles. The fourth-order valence-electron chi connectivity index (χ4n) is 1.94. The Morgan fingerprint density at radius 2 is 2.05 bits per heavy atom. The van der Waals surface area contributed by atoms with E-state index in [2.05, 4.69) is 5.32 Å². The first-order valence-corrected chi connectivity index (χ1v) is 7.19. The lowest BCUT2D eigenvalue weighted by molar-refractivity contribution is -0.140. The number of benzene rings is 1. The molecule has 1 unspecified atom stereocenters. The molecule has 0 heterocycles. The lowest BCUT2D eigenvalue weighted by Crippen LogP contribution is -2.47. The number of likely N-dealkylation sites (N-methyl/N-ethyl adjacent to an activating group) is 1. The Labute approximate surface area is 125 Å². The second-order valence-corrected chi connectivity index (χ2v) is 5.01. The Bertz CT molecular complexity index is 477. The Morgan fingerprint density at radius 3 is 2.60 bits per heavy atom. The van der Waals surface area contributed by atoms with E-state index in [4.69, 9.17) is 11.6 Å². The molecule has 1 aromatic carbocycles. The van der Waals surface area contributed by atoms with Crippen LogP contribution in [-0.2, 0) is 16.1 Å². The maximum Gasteiger partial charge on any atom is 0.242 e. The predicted molar refractivity (Wildman–Crippen MR) is 80.4 cm³/mol. The van der Waals surface area contributed by atoms with Crippen molar-refractivity contribution < 1.29 is 9.59 Å². The van der Waals surface area contributed by atoms with E-state index in [1.54, 1.807) is 24.8 Å². The summed E-state index contributed by atoms with van der Waals surface area (Å²) in [6.45, 7) is 6.31. The quantitative estimate of drug-likeness (QED) is 0.877. The van der Waals surface area contributed by atoms with Crippen molar-refractivity contribution in [3.8, 4) is 0 Å². The molecule has 0 radical (unpaired) electrons. The van der Waals surface area contributed by atoms with Crippen molar-refractivity contribution in [1.29, 1.82) is 0 Å². The highest BCUT2D eigenvalue weighted by molar-refractivity contribution is 6.30. The molecular formula is C15H21ClN2O2. The molecule has 0 bridgehead atoms. The summed E-state index contributed by atoms with van der Waals surface area (Å²) >= 11 is 5.95. The van der Waals surface area contributed by atoms with E-state index in [9.17, 15) is 9.59 Å². The molecule has 1 rings (SSSR count). The summed E-state index contributed by atoms with van der Waals surface area (Å²) in [6, 6.07) is 6.82. The number of nitrogens with one attached hydrogen (secondary N) is 1. The minimum Gasteiger partial charge on any atom is -0.355 e. The third kappa shape index (κ3) is 4.53. The topological polar surface area (TPSA) is 49.4 Å². The monoisotopic (exact) mass is 296 g/mol. The molecule has 2 amide bonds. The molecule has 0 aliphatic rings. The third-order valence-electron chi connectivity index (χ3n) is 3.06. The van der Waals surface area contributed by atoms with Crippen LogP contribution in [0.15, 0.2) is 24.3 Å². The molecule has 110 valence electrons. The van der Waals surface area contributed by atoms with Crippen LogP contribution >= 0.6 is 11.6 Å². The van der Waals surface area contributed by atoms with E-state index in [1.807, 2.05) is 25.1 Å². The summed E-state index contributed by atoms with van der Waals surface area (Å²) in [5.74, 6) is -0.194. The average molecular weight is 297 g/mol. The summed E-state index contributed by atoms with van der Waals surface area (Å²) in [6.07, 6.45) is 0.365. The molecule has 0 saturated carbocycles. The molecule has 1 atom stereocenters. The van der Waals surface area contributed by atoms with E-state index < -0.39 is 6.04 Å². The van der Waals surface area contributed by atoms with Crippen LogP contribution in [0.25, 0.3) is 0 Å². The van der Waals surface area contributed by atoms with Crippen LogP contribution in [0.5, 0.6) is 0 Å². The summed E-state index contributed by atoms with van der Waals surface area (Å²) in [5, 5.41) is 3.37. The number of rotatable bonds is 6. The second-order valence-electron chi connectivity index (χ2n) is 4.58. The first-order chi connectivity index (χ1) is 9.49. The van der Waals surface area contributed by atoms with E-state index >= 15 is 0 Å². The molecule has 5 heteroatoms. The lowest BCUT2D eigenvalue weighted by atomic mass is 10.1. The number of halogens is 1. The zero-order chi connectivity index (χ0) is 15.1. The van der Waals surface area contributed by atoms with Crippen LogP contribution in [0.4, 0.5) is 0 Å². The summed E-state index contributed by atoms with van der Waals surface area (Å²) in [4.78, 5) is 25.6. The largest absolute Gasteiger partial charge is 0.355 e. The fourth-order valence-corrected chi connectivity index (χ4v) is 2.15. The summed E-state index contributed by atoms with van der Waals surface area (Å²) < 4.78 is 0. The van der Waals surface area contributed by atoms with Crippen molar-refractivity contribution in [2.45, 2.75) is 39.8 Å². The van der Waals surface area contributed by atoms with Crippen LogP contribution in [0, 0.1) is 0 Å². The van der Waals surface area contributed by atoms with E-state index in [-0.39, 0.29) is 11.8 Å². The first-order valence-electron chi connectivity index (χ1n) is 6.81. The van der Waals surface area contributed by atoms with Crippen molar-refractivity contribution in [3.05, 3.63) is 34.9 Å². The second kappa shape index (κ2) is 7.90. The standard InChI is InChI=1S/C15H21ClN2O2/c1-4-14(19)18(11(3)15(20)17-5-2)10-12-7-6-8-13(16)9-12/h6-9,11H,4-5,10H2,1-3H3,(H,17,20). The van der Waals surface area contributed by atoms with Crippen molar-refractivity contribution in [3.63, 3.8) is 0 Å². The normalized spacial score (nSPS) is 11.8. The minimum atomic E-state index is -0.499. The molecule has 0 fully saturated rings. The van der Waals surface area contributed by atoms with Crippen molar-refractivity contribution in [1.82, 2.24) is 10.2 Å². The van der Waals surface area contributed by atoms with Crippen LogP contribution in [0.2, 0.25) is 5.02 Å². The molecular weight excluding hydrogens is 276 g/mol. The van der Waals surface area contributed by atoms with Crippen LogP contribution in [0.3, 0.4) is 0 Å². The SMILES string of the molecule is CCNC(=O)C(C)N(Cc1cccc(Cl)c1)C(=O)CC. The number of nitrogens with zero attached hydrogens (tertiary/aromatic N) is 1. The molecule has 1 aromatic rings. The number of carbonyl (C=O) groups excluding carboxylic acids is 2. The fraction of sp³-hybridized carbons (Fsp3) is 0.467. The zero-order valence-electron chi connectivity index (χ0n) is 12.1. The average Bonchev–Trinajstić information content (AvgIpc) is 2.43. The Hall–Kier alpha value is -1.55. The van der Waals surface area contributed by atoms with Gasteiger partial charge in [-0.15, -0.1) is 0 Å². The Morgan fingerprint density at radius 1 is 1.35 bits per heavy atom. The molecule has 0 aliphatic heterocycles. The number of hydrogen-bond donors (Lipinski definition) is 1. The molecule has 0 spiro atoms. The first kappa shape index (κ1) is 16.5. The van der Waals surface area contributed by atoms with Gasteiger partial charge in [0.15, 0.2) is 0 Å². The van der Waals surface area contributed by atoms with Gasteiger partial charge in [0.25, 0.3) is 0 Å². The highest BCUT2D eigenvalue weighted by Crippen LogP contribution is 2.15. The smallest absolute Gasteiger partial charge is 0.242 e. The van der Waals surface area contributed by atoms with Gasteiger partial charge in [0.1, 0.15) is 6.04 Å². The van der Waals surface area contributed by atoms with Crippen LogP contribution in [-0.4, -0.2) is 29.3 Å². The van der Waals surface area contributed by atoms with E-state index in [1.165, 1.54) is 0 Å². The van der Waals surface area contributed by atoms with E-state index in [0.29, 0.717) is 24.5 Å². The highest BCUT2D eigenvalue weighted by Gasteiger charge is 2.24. The van der Waals surface area contributed by atoms with Gasteiger partial charge in [0, 0.05) is 24.5 Å². The minimum absolute atomic E-state index is 0.0521. The third-order valence-corrected chi connectivity index (χ3v) is 3.30. The van der Waals surface area contributed by atoms with Gasteiger partial charge in [-0.3, -0.25) is 9.59 Å². The Balaban J connectivity index is 2.89. The maximum absolute atomic E-state index is 12.1. The van der Waals surface area contributed by atoms with Gasteiger partial charge in [-0.2, -0.15) is 0 Å². The van der Waals surface area contributed by atoms with E-state index in [0.717, 1.165) is 5.56 Å². The van der Waals surface area contributed by atoms with Crippen molar-refractivity contribution in [2.24, 2.45) is 0 Å². The van der Waals surface area contributed by atoms with Crippen LogP contribution < -0.4 is 5.32 Å². The number of amides is 2. The highest BCUT2D eigenvalue weighted by atomic mass is 35.5. The van der Waals surface area contributed by atoms with Crippen molar-refractivity contribution in [2.75, 3.05) is 6.54 Å². The predicted octanol–water partition coefficient (Wildman–Crippen LogP) is 2.60.